The predicted molar refractivity (Wildman–Crippen MR) is 86.7 cm³/mol. The van der Waals surface area contributed by atoms with Gasteiger partial charge in [-0.1, -0.05) is 15.9 Å². The van der Waals surface area contributed by atoms with Crippen molar-refractivity contribution in [3.63, 3.8) is 0 Å². The number of hydrogen-bond donors (Lipinski definition) is 7. The Morgan fingerprint density at radius 2 is 1.69 bits per heavy atom. The lowest BCUT2D eigenvalue weighted by molar-refractivity contribution is -0.346. The second-order valence-electron chi connectivity index (χ2n) is 7.05. The Hall–Kier alpha value is -0.340. The lowest BCUT2D eigenvalue weighted by Gasteiger charge is -2.45. The highest BCUT2D eigenvalue weighted by molar-refractivity contribution is 9.10. The molecule has 3 aliphatic rings. The van der Waals surface area contributed by atoms with Gasteiger partial charge in [-0.2, -0.15) is 0 Å². The number of alkyl halides is 1. The number of rotatable bonds is 3. The molecular weight excluding hydrogens is 420 g/mol. The van der Waals surface area contributed by atoms with Gasteiger partial charge in [0.15, 0.2) is 6.29 Å². The van der Waals surface area contributed by atoms with E-state index in [9.17, 15) is 35.7 Å². The Morgan fingerprint density at radius 3 is 2.31 bits per heavy atom. The summed E-state index contributed by atoms with van der Waals surface area (Å²) in [6.07, 6.45) is -9.40. The number of aliphatic hydroxyl groups excluding tert-OH is 6. The van der Waals surface area contributed by atoms with Crippen LogP contribution in [-0.2, 0) is 14.2 Å². The minimum Gasteiger partial charge on any atom is -0.472 e. The Labute approximate surface area is 157 Å². The summed E-state index contributed by atoms with van der Waals surface area (Å²) < 4.78 is 15.0. The standard InChI is InChI=1S/C15H23BrO10/c1-14(16)9-13(24-3-2-15(9,23)11(22)10(14)21)26-12-8(20)7(19)6(18)5(4-17)25-12/h2-3,5-13,17-23H,4H2,1H3/t5-,6-,7+,8-,9-,10+,11-,12+,13+,14+,15+/m1/s1. The molecule has 2 fully saturated rings. The molecule has 0 radical (unpaired) electrons. The summed E-state index contributed by atoms with van der Waals surface area (Å²) in [5.74, 6) is -1.02. The van der Waals surface area contributed by atoms with Crippen LogP contribution in [0.5, 0.6) is 0 Å². The molecule has 0 bridgehead atoms. The van der Waals surface area contributed by atoms with Gasteiger partial charge in [0.25, 0.3) is 0 Å². The molecule has 0 amide bonds. The fourth-order valence-electron chi connectivity index (χ4n) is 3.79. The number of hydrogen-bond acceptors (Lipinski definition) is 10. The number of fused-ring (bicyclic) bond motifs is 1. The van der Waals surface area contributed by atoms with E-state index in [1.54, 1.807) is 0 Å². The molecule has 0 aromatic rings. The molecule has 7 N–H and O–H groups in total. The molecule has 11 atom stereocenters. The summed E-state index contributed by atoms with van der Waals surface area (Å²) in [5, 5.41) is 70.4. The van der Waals surface area contributed by atoms with E-state index < -0.39 is 71.7 Å². The van der Waals surface area contributed by atoms with Crippen LogP contribution in [0.4, 0.5) is 0 Å². The maximum Gasteiger partial charge on any atom is 0.209 e. The number of ether oxygens (including phenoxy) is 3. The highest BCUT2D eigenvalue weighted by atomic mass is 79.9. The van der Waals surface area contributed by atoms with Crippen molar-refractivity contribution in [2.75, 3.05) is 6.61 Å². The van der Waals surface area contributed by atoms with E-state index in [-0.39, 0.29) is 0 Å². The summed E-state index contributed by atoms with van der Waals surface area (Å²) in [6.45, 7) is 0.910. The molecule has 10 nitrogen and oxygen atoms in total. The van der Waals surface area contributed by atoms with Gasteiger partial charge in [-0.15, -0.1) is 0 Å². The van der Waals surface area contributed by atoms with Gasteiger partial charge in [-0.25, -0.2) is 0 Å². The largest absolute Gasteiger partial charge is 0.472 e. The summed E-state index contributed by atoms with van der Waals surface area (Å²) in [5.41, 5.74) is -1.88. The van der Waals surface area contributed by atoms with Crippen molar-refractivity contribution < 1.29 is 50.0 Å². The lowest BCUT2D eigenvalue weighted by atomic mass is 9.83. The summed E-state index contributed by atoms with van der Waals surface area (Å²) in [4.78, 5) is 0. The molecule has 2 heterocycles. The van der Waals surface area contributed by atoms with E-state index in [4.69, 9.17) is 14.2 Å². The van der Waals surface area contributed by atoms with Crippen LogP contribution in [0.3, 0.4) is 0 Å². The van der Waals surface area contributed by atoms with E-state index in [0.29, 0.717) is 0 Å². The van der Waals surface area contributed by atoms with Crippen LogP contribution >= 0.6 is 15.9 Å². The third kappa shape index (κ3) is 2.91. The van der Waals surface area contributed by atoms with Crippen molar-refractivity contribution in [3.05, 3.63) is 12.3 Å². The normalized spacial score (nSPS) is 56.9. The van der Waals surface area contributed by atoms with Gasteiger partial charge in [0, 0.05) is 0 Å². The topological polar surface area (TPSA) is 169 Å². The average Bonchev–Trinajstić information content (AvgIpc) is 2.73. The molecule has 2 aliphatic heterocycles. The molecule has 0 unspecified atom stereocenters. The number of aliphatic hydroxyl groups is 7. The van der Waals surface area contributed by atoms with Crippen molar-refractivity contribution in [2.24, 2.45) is 5.92 Å². The molecular formula is C15H23BrO10. The van der Waals surface area contributed by atoms with Gasteiger partial charge in [-0.3, -0.25) is 0 Å². The maximum absolute atomic E-state index is 10.8. The van der Waals surface area contributed by atoms with Gasteiger partial charge in [0.1, 0.15) is 36.1 Å². The maximum atomic E-state index is 10.8. The van der Waals surface area contributed by atoms with Crippen molar-refractivity contribution in [1.29, 1.82) is 0 Å². The Morgan fingerprint density at radius 1 is 1.04 bits per heavy atom. The van der Waals surface area contributed by atoms with Gasteiger partial charge in [0.05, 0.1) is 29.2 Å². The van der Waals surface area contributed by atoms with Crippen LogP contribution in [0.2, 0.25) is 0 Å². The van der Waals surface area contributed by atoms with Crippen LogP contribution in [0.15, 0.2) is 12.3 Å². The summed E-state index contributed by atoms with van der Waals surface area (Å²) in [7, 11) is 0. The van der Waals surface area contributed by atoms with Crippen molar-refractivity contribution in [2.45, 2.75) is 66.1 Å². The first-order valence-corrected chi connectivity index (χ1v) is 8.91. The van der Waals surface area contributed by atoms with Gasteiger partial charge >= 0.3 is 0 Å². The van der Waals surface area contributed by atoms with E-state index in [2.05, 4.69) is 15.9 Å². The molecule has 0 spiro atoms. The lowest BCUT2D eigenvalue weighted by Crippen LogP contribution is -2.61. The Bertz CT molecular complexity index is 557. The fraction of sp³-hybridized carbons (Fsp3) is 0.867. The Balaban J connectivity index is 1.85. The predicted octanol–water partition coefficient (Wildman–Crippen LogP) is -3.09. The first-order valence-electron chi connectivity index (χ1n) is 8.12. The highest BCUT2D eigenvalue weighted by Gasteiger charge is 2.68. The molecule has 3 rings (SSSR count). The van der Waals surface area contributed by atoms with Crippen molar-refractivity contribution >= 4 is 15.9 Å². The number of halogens is 1. The van der Waals surface area contributed by atoms with Crippen LogP contribution in [-0.4, -0.2) is 101 Å². The van der Waals surface area contributed by atoms with Crippen molar-refractivity contribution in [3.8, 4) is 0 Å². The Kier molecular flexibility index (Phi) is 5.43. The summed E-state index contributed by atoms with van der Waals surface area (Å²) in [6, 6.07) is 0. The van der Waals surface area contributed by atoms with Crippen LogP contribution in [0.1, 0.15) is 6.92 Å². The first-order chi connectivity index (χ1) is 12.1. The average molecular weight is 443 g/mol. The molecule has 1 saturated heterocycles. The fourth-order valence-corrected chi connectivity index (χ4v) is 4.63. The second-order valence-corrected chi connectivity index (χ2v) is 8.76. The van der Waals surface area contributed by atoms with E-state index >= 15 is 0 Å². The zero-order chi connectivity index (χ0) is 19.4. The van der Waals surface area contributed by atoms with Crippen LogP contribution in [0, 0.1) is 5.92 Å². The van der Waals surface area contributed by atoms with Gasteiger partial charge < -0.3 is 50.0 Å². The quantitative estimate of drug-likeness (QED) is 0.222. The van der Waals surface area contributed by atoms with E-state index in [0.717, 1.165) is 6.26 Å². The van der Waals surface area contributed by atoms with Crippen molar-refractivity contribution in [1.82, 2.24) is 0 Å². The summed E-state index contributed by atoms with van der Waals surface area (Å²) >= 11 is 3.30. The molecule has 150 valence electrons. The molecule has 1 saturated carbocycles. The monoisotopic (exact) mass is 442 g/mol. The highest BCUT2D eigenvalue weighted by Crippen LogP contribution is 2.53. The third-order valence-corrected chi connectivity index (χ3v) is 6.36. The molecule has 0 aromatic carbocycles. The van der Waals surface area contributed by atoms with E-state index in [1.807, 2.05) is 0 Å². The molecule has 26 heavy (non-hydrogen) atoms. The van der Waals surface area contributed by atoms with Gasteiger partial charge in [0.2, 0.25) is 6.29 Å². The van der Waals surface area contributed by atoms with E-state index in [1.165, 1.54) is 13.0 Å². The minimum absolute atomic E-state index is 0.628. The molecule has 11 heteroatoms. The smallest absolute Gasteiger partial charge is 0.209 e. The second kappa shape index (κ2) is 6.92. The van der Waals surface area contributed by atoms with Crippen LogP contribution < -0.4 is 0 Å². The first kappa shape index (κ1) is 20.4. The SMILES string of the molecule is C[C@]1(Br)[C@H]2[C@H](O[C@@H]3O[C@H](CO)[C@@H](O)[C@H](O)[C@H]3O)OC=C[C@@]2(O)[C@H](O)[C@@H]1O. The molecule has 1 aliphatic carbocycles. The zero-order valence-corrected chi connectivity index (χ0v) is 15.4. The zero-order valence-electron chi connectivity index (χ0n) is 13.8. The molecule has 0 aromatic heterocycles. The third-order valence-electron chi connectivity index (χ3n) is 5.39. The van der Waals surface area contributed by atoms with Gasteiger partial charge in [-0.05, 0) is 13.0 Å². The van der Waals surface area contributed by atoms with Crippen LogP contribution in [0.25, 0.3) is 0 Å². The minimum atomic E-state index is -1.88.